The van der Waals surface area contributed by atoms with Crippen molar-refractivity contribution in [1.82, 2.24) is 9.97 Å². The van der Waals surface area contributed by atoms with Crippen molar-refractivity contribution in [2.45, 2.75) is 20.0 Å². The van der Waals surface area contributed by atoms with E-state index in [-0.39, 0.29) is 23.7 Å². The van der Waals surface area contributed by atoms with Crippen molar-refractivity contribution in [2.75, 3.05) is 21.3 Å². The lowest BCUT2D eigenvalue weighted by molar-refractivity contribution is -0.151. The summed E-state index contributed by atoms with van der Waals surface area (Å²) in [7, 11) is 4.23. The number of hydrogen-bond donors (Lipinski definition) is 0. The molecule has 1 heterocycles. The van der Waals surface area contributed by atoms with E-state index in [9.17, 15) is 4.79 Å². The molecule has 1 atom stereocenters. The molecule has 0 aliphatic heterocycles. The monoisotopic (exact) mass is 270 g/mol. The first kappa shape index (κ1) is 15.0. The summed E-state index contributed by atoms with van der Waals surface area (Å²) in [5.74, 6) is -0.00271. The fraction of sp³-hybridized carbons (Fsp3) is 0.583. The molecule has 7 heteroatoms. The maximum atomic E-state index is 11.6. The van der Waals surface area contributed by atoms with Gasteiger partial charge in [-0.3, -0.25) is 0 Å². The van der Waals surface area contributed by atoms with Gasteiger partial charge in [0.05, 0.1) is 27.4 Å². The third-order valence-electron chi connectivity index (χ3n) is 2.35. The minimum atomic E-state index is -0.790. The van der Waals surface area contributed by atoms with Crippen LogP contribution in [0.1, 0.15) is 13.8 Å². The Morgan fingerprint density at radius 3 is 2.00 bits per heavy atom. The van der Waals surface area contributed by atoms with Crippen LogP contribution in [0.25, 0.3) is 0 Å². The normalized spacial score (nSPS) is 11.9. The van der Waals surface area contributed by atoms with Gasteiger partial charge in [0, 0.05) is 5.92 Å². The molecule has 0 N–H and O–H groups in total. The van der Waals surface area contributed by atoms with Crippen molar-refractivity contribution >= 4 is 5.97 Å². The quantitative estimate of drug-likeness (QED) is 0.715. The Morgan fingerprint density at radius 1 is 1.11 bits per heavy atom. The van der Waals surface area contributed by atoms with Gasteiger partial charge in [0.1, 0.15) is 0 Å². The van der Waals surface area contributed by atoms with E-state index in [1.165, 1.54) is 27.4 Å². The Bertz CT molecular complexity index is 414. The molecule has 0 fully saturated rings. The standard InChI is InChI=1S/C12H18N2O5/c1-7(2)10(11(15)18-5)19-12-13-8(16-3)6-9(14-12)17-4/h6-7,10H,1-5H3. The predicted molar refractivity (Wildman–Crippen MR) is 66.4 cm³/mol. The topological polar surface area (TPSA) is 79.8 Å². The van der Waals surface area contributed by atoms with Crippen LogP contribution in [0.15, 0.2) is 6.07 Å². The molecule has 0 saturated heterocycles. The van der Waals surface area contributed by atoms with Gasteiger partial charge in [-0.05, 0) is 0 Å². The highest BCUT2D eigenvalue weighted by molar-refractivity contribution is 5.75. The molecule has 7 nitrogen and oxygen atoms in total. The molecular formula is C12H18N2O5. The summed E-state index contributed by atoms with van der Waals surface area (Å²) in [5.41, 5.74) is 0. The summed E-state index contributed by atoms with van der Waals surface area (Å²) < 4.78 is 20.1. The van der Waals surface area contributed by atoms with Crippen molar-refractivity contribution in [1.29, 1.82) is 0 Å². The highest BCUT2D eigenvalue weighted by atomic mass is 16.6. The van der Waals surface area contributed by atoms with Gasteiger partial charge in [0.25, 0.3) is 0 Å². The number of esters is 1. The highest BCUT2D eigenvalue weighted by Crippen LogP contribution is 2.21. The number of hydrogen-bond acceptors (Lipinski definition) is 7. The van der Waals surface area contributed by atoms with E-state index in [2.05, 4.69) is 14.7 Å². The highest BCUT2D eigenvalue weighted by Gasteiger charge is 2.26. The molecule has 0 radical (unpaired) electrons. The van der Waals surface area contributed by atoms with Crippen molar-refractivity contribution in [3.63, 3.8) is 0 Å². The molecule has 0 aliphatic carbocycles. The molecule has 19 heavy (non-hydrogen) atoms. The molecular weight excluding hydrogens is 252 g/mol. The number of carbonyl (C=O) groups excluding carboxylic acids is 1. The fourth-order valence-corrected chi connectivity index (χ4v) is 1.33. The number of ether oxygens (including phenoxy) is 4. The van der Waals surface area contributed by atoms with Gasteiger partial charge in [-0.2, -0.15) is 9.97 Å². The largest absolute Gasteiger partial charge is 0.481 e. The fourth-order valence-electron chi connectivity index (χ4n) is 1.33. The molecule has 1 aromatic rings. The van der Waals surface area contributed by atoms with Gasteiger partial charge in [0.15, 0.2) is 0 Å². The molecule has 0 bridgehead atoms. The molecule has 1 rings (SSSR count). The lowest BCUT2D eigenvalue weighted by atomic mass is 10.1. The number of nitrogens with zero attached hydrogens (tertiary/aromatic N) is 2. The smallest absolute Gasteiger partial charge is 0.347 e. The van der Waals surface area contributed by atoms with Crippen LogP contribution in [-0.4, -0.2) is 43.4 Å². The molecule has 1 aromatic heterocycles. The molecule has 1 unspecified atom stereocenters. The number of methoxy groups -OCH3 is 3. The second-order valence-electron chi connectivity index (χ2n) is 4.04. The van der Waals surface area contributed by atoms with Crippen LogP contribution < -0.4 is 14.2 Å². The van der Waals surface area contributed by atoms with Gasteiger partial charge >= 0.3 is 12.0 Å². The molecule has 0 spiro atoms. The van der Waals surface area contributed by atoms with E-state index in [0.29, 0.717) is 0 Å². The number of rotatable bonds is 6. The molecule has 106 valence electrons. The maximum Gasteiger partial charge on any atom is 0.347 e. The van der Waals surface area contributed by atoms with E-state index in [1.54, 1.807) is 0 Å². The van der Waals surface area contributed by atoms with E-state index in [1.807, 2.05) is 13.8 Å². The number of aromatic nitrogens is 2. The first-order valence-electron chi connectivity index (χ1n) is 5.73. The maximum absolute atomic E-state index is 11.6. The zero-order valence-corrected chi connectivity index (χ0v) is 11.7. The van der Waals surface area contributed by atoms with Crippen LogP contribution in [0.3, 0.4) is 0 Å². The van der Waals surface area contributed by atoms with Crippen LogP contribution >= 0.6 is 0 Å². The van der Waals surface area contributed by atoms with E-state index in [0.717, 1.165) is 0 Å². The second-order valence-corrected chi connectivity index (χ2v) is 4.04. The van der Waals surface area contributed by atoms with Gasteiger partial charge in [0.2, 0.25) is 17.9 Å². The second kappa shape index (κ2) is 6.77. The van der Waals surface area contributed by atoms with Gasteiger partial charge in [-0.25, -0.2) is 4.79 Å². The Kier molecular flexibility index (Phi) is 5.35. The molecule has 0 amide bonds. The lowest BCUT2D eigenvalue weighted by Gasteiger charge is -2.19. The van der Waals surface area contributed by atoms with Crippen molar-refractivity contribution in [3.05, 3.63) is 6.07 Å². The minimum Gasteiger partial charge on any atom is -0.481 e. The molecule has 0 aliphatic rings. The van der Waals surface area contributed by atoms with Crippen LogP contribution in [-0.2, 0) is 9.53 Å². The van der Waals surface area contributed by atoms with Crippen LogP contribution in [0.5, 0.6) is 17.8 Å². The SMILES string of the molecule is COC(=O)C(Oc1nc(OC)cc(OC)n1)C(C)C. The van der Waals surface area contributed by atoms with Crippen LogP contribution in [0.2, 0.25) is 0 Å². The minimum absolute atomic E-state index is 0.000278. The molecule has 0 aromatic carbocycles. The Balaban J connectivity index is 2.98. The summed E-state index contributed by atoms with van der Waals surface area (Å²) in [5, 5.41) is 0. The van der Waals surface area contributed by atoms with E-state index in [4.69, 9.17) is 14.2 Å². The van der Waals surface area contributed by atoms with Crippen LogP contribution in [0, 0.1) is 5.92 Å². The van der Waals surface area contributed by atoms with E-state index >= 15 is 0 Å². The van der Waals surface area contributed by atoms with Crippen LogP contribution in [0.4, 0.5) is 0 Å². The average molecular weight is 270 g/mol. The zero-order chi connectivity index (χ0) is 14.4. The third kappa shape index (κ3) is 3.97. The van der Waals surface area contributed by atoms with E-state index < -0.39 is 12.1 Å². The lowest BCUT2D eigenvalue weighted by Crippen LogP contribution is -2.34. The Labute approximate surface area is 111 Å². The summed E-state index contributed by atoms with van der Waals surface area (Å²) in [6.07, 6.45) is -0.790. The average Bonchev–Trinajstić information content (AvgIpc) is 2.43. The zero-order valence-electron chi connectivity index (χ0n) is 11.7. The van der Waals surface area contributed by atoms with Crippen molar-refractivity contribution in [2.24, 2.45) is 5.92 Å². The summed E-state index contributed by atoms with van der Waals surface area (Å²) in [6.45, 7) is 3.66. The first-order chi connectivity index (χ1) is 9.01. The number of carbonyl (C=O) groups is 1. The predicted octanol–water partition coefficient (Wildman–Crippen LogP) is 1.07. The summed E-state index contributed by atoms with van der Waals surface area (Å²) in [6, 6.07) is 1.51. The van der Waals surface area contributed by atoms with Crippen molar-refractivity contribution < 1.29 is 23.7 Å². The third-order valence-corrected chi connectivity index (χ3v) is 2.35. The molecule has 0 saturated carbocycles. The van der Waals surface area contributed by atoms with Gasteiger partial charge < -0.3 is 18.9 Å². The Hall–Kier alpha value is -2.05. The van der Waals surface area contributed by atoms with Crippen molar-refractivity contribution in [3.8, 4) is 17.8 Å². The summed E-state index contributed by atoms with van der Waals surface area (Å²) in [4.78, 5) is 19.6. The van der Waals surface area contributed by atoms with Gasteiger partial charge in [-0.15, -0.1) is 0 Å². The Morgan fingerprint density at radius 2 is 1.63 bits per heavy atom. The summed E-state index contributed by atoms with van der Waals surface area (Å²) >= 11 is 0. The first-order valence-corrected chi connectivity index (χ1v) is 5.73. The van der Waals surface area contributed by atoms with Gasteiger partial charge in [-0.1, -0.05) is 13.8 Å².